The lowest BCUT2D eigenvalue weighted by Gasteiger charge is -2.26. The van der Waals surface area contributed by atoms with Crippen molar-refractivity contribution in [2.45, 2.75) is 23.6 Å². The molecule has 0 radical (unpaired) electrons. The molecule has 0 spiro atoms. The highest BCUT2D eigenvalue weighted by Gasteiger charge is 2.28. The first-order valence-corrected chi connectivity index (χ1v) is 7.91. The summed E-state index contributed by atoms with van der Waals surface area (Å²) < 4.78 is 27.4. The van der Waals surface area contributed by atoms with Crippen LogP contribution in [0.25, 0.3) is 0 Å². The van der Waals surface area contributed by atoms with Gasteiger partial charge in [-0.3, -0.25) is 0 Å². The number of hydrogen-bond donors (Lipinski definition) is 1. The third-order valence-electron chi connectivity index (χ3n) is 2.64. The predicted octanol–water partition coefficient (Wildman–Crippen LogP) is 2.96. The summed E-state index contributed by atoms with van der Waals surface area (Å²) >= 11 is 1.22. The van der Waals surface area contributed by atoms with Gasteiger partial charge in [0.15, 0.2) is 0 Å². The quantitative estimate of drug-likeness (QED) is 0.936. The van der Waals surface area contributed by atoms with Gasteiger partial charge in [0, 0.05) is 0 Å². The Balaban J connectivity index is 2.29. The molecule has 0 unspecified atom stereocenters. The van der Waals surface area contributed by atoms with Crippen molar-refractivity contribution in [3.63, 3.8) is 0 Å². The predicted molar refractivity (Wildman–Crippen MR) is 74.1 cm³/mol. The van der Waals surface area contributed by atoms with Crippen molar-refractivity contribution in [3.05, 3.63) is 53.4 Å². The van der Waals surface area contributed by atoms with Gasteiger partial charge in [-0.2, -0.15) is 0 Å². The van der Waals surface area contributed by atoms with Gasteiger partial charge in [-0.05, 0) is 30.9 Å². The van der Waals surface area contributed by atoms with Gasteiger partial charge < -0.3 is 0 Å². The van der Waals surface area contributed by atoms with Crippen molar-refractivity contribution in [3.8, 4) is 0 Å². The Bertz CT molecular complexity index is 602. The van der Waals surface area contributed by atoms with Crippen LogP contribution in [0.3, 0.4) is 0 Å². The summed E-state index contributed by atoms with van der Waals surface area (Å²) in [5, 5.41) is 1.75. The summed E-state index contributed by atoms with van der Waals surface area (Å²) in [4.78, 5) is 0. The van der Waals surface area contributed by atoms with Crippen LogP contribution in [0.1, 0.15) is 19.4 Å². The molecule has 2 rings (SSSR count). The van der Waals surface area contributed by atoms with E-state index in [1.807, 2.05) is 44.2 Å². The number of benzene rings is 1. The maximum atomic E-state index is 12.2. The van der Waals surface area contributed by atoms with Gasteiger partial charge in [0.2, 0.25) is 0 Å². The molecular weight excluding hydrogens is 266 g/mol. The van der Waals surface area contributed by atoms with E-state index in [4.69, 9.17) is 0 Å². The molecule has 1 heterocycles. The first-order chi connectivity index (χ1) is 8.42. The fraction of sp³-hybridized carbons (Fsp3) is 0.231. The van der Waals surface area contributed by atoms with Crippen molar-refractivity contribution < 1.29 is 8.42 Å². The average Bonchev–Trinajstić information content (AvgIpc) is 2.83. The minimum atomic E-state index is -3.45. The minimum Gasteiger partial charge on any atom is -0.206 e. The van der Waals surface area contributed by atoms with Gasteiger partial charge in [-0.25, -0.2) is 13.1 Å². The topological polar surface area (TPSA) is 46.2 Å². The standard InChI is InChI=1S/C13H15NO2S2/c1-13(2,11-7-4-3-5-8-11)14-18(15,16)12-9-6-10-17-12/h3-10,14H,1-2H3. The molecule has 0 aliphatic heterocycles. The van der Waals surface area contributed by atoms with Crippen molar-refractivity contribution in [2.75, 3.05) is 0 Å². The van der Waals surface area contributed by atoms with E-state index in [0.717, 1.165) is 5.56 Å². The highest BCUT2D eigenvalue weighted by atomic mass is 32.2. The van der Waals surface area contributed by atoms with Crippen LogP contribution < -0.4 is 4.72 Å². The third-order valence-corrected chi connectivity index (χ3v) is 5.70. The van der Waals surface area contributed by atoms with Gasteiger partial charge in [0.1, 0.15) is 4.21 Å². The van der Waals surface area contributed by atoms with E-state index in [0.29, 0.717) is 4.21 Å². The smallest absolute Gasteiger partial charge is 0.206 e. The third kappa shape index (κ3) is 2.80. The van der Waals surface area contributed by atoms with Crippen LogP contribution in [-0.4, -0.2) is 8.42 Å². The number of thiophene rings is 1. The molecular formula is C13H15NO2S2. The van der Waals surface area contributed by atoms with Crippen molar-refractivity contribution in [1.29, 1.82) is 0 Å². The second-order valence-corrected chi connectivity index (χ2v) is 7.39. The van der Waals surface area contributed by atoms with Crippen LogP contribution in [0.2, 0.25) is 0 Å². The summed E-state index contributed by atoms with van der Waals surface area (Å²) in [7, 11) is -3.45. The SMILES string of the molecule is CC(C)(NS(=O)(=O)c1cccs1)c1ccccc1. The van der Waals surface area contributed by atoms with Gasteiger partial charge >= 0.3 is 0 Å². The molecule has 0 fully saturated rings. The average molecular weight is 281 g/mol. The van der Waals surface area contributed by atoms with E-state index >= 15 is 0 Å². The van der Waals surface area contributed by atoms with Gasteiger partial charge in [-0.15, -0.1) is 11.3 Å². The lowest BCUT2D eigenvalue weighted by Crippen LogP contribution is -2.40. The Morgan fingerprint density at radius 1 is 1.06 bits per heavy atom. The van der Waals surface area contributed by atoms with Gasteiger partial charge in [0.25, 0.3) is 10.0 Å². The van der Waals surface area contributed by atoms with E-state index in [9.17, 15) is 8.42 Å². The van der Waals surface area contributed by atoms with E-state index in [1.165, 1.54) is 11.3 Å². The largest absolute Gasteiger partial charge is 0.250 e. The van der Waals surface area contributed by atoms with E-state index in [-0.39, 0.29) is 0 Å². The Morgan fingerprint density at radius 2 is 1.72 bits per heavy atom. The lowest BCUT2D eigenvalue weighted by molar-refractivity contribution is 0.473. The fourth-order valence-corrected chi connectivity index (χ4v) is 4.11. The number of sulfonamides is 1. The molecule has 18 heavy (non-hydrogen) atoms. The molecule has 3 nitrogen and oxygen atoms in total. The number of rotatable bonds is 4. The Morgan fingerprint density at radius 3 is 2.28 bits per heavy atom. The van der Waals surface area contributed by atoms with Crippen LogP contribution in [-0.2, 0) is 15.6 Å². The molecule has 0 aliphatic rings. The zero-order chi connectivity index (χ0) is 13.2. The molecule has 0 saturated carbocycles. The van der Waals surface area contributed by atoms with E-state index in [1.54, 1.807) is 17.5 Å². The number of hydrogen-bond acceptors (Lipinski definition) is 3. The lowest BCUT2D eigenvalue weighted by atomic mass is 9.96. The highest BCUT2D eigenvalue weighted by Crippen LogP contribution is 2.24. The Kier molecular flexibility index (Phi) is 3.56. The Labute approximate surface area is 112 Å². The van der Waals surface area contributed by atoms with Crippen LogP contribution in [0.15, 0.2) is 52.1 Å². The van der Waals surface area contributed by atoms with Gasteiger partial charge in [-0.1, -0.05) is 36.4 Å². The molecule has 5 heteroatoms. The second-order valence-electron chi connectivity index (χ2n) is 4.53. The zero-order valence-electron chi connectivity index (χ0n) is 10.3. The first kappa shape index (κ1) is 13.3. The summed E-state index contributed by atoms with van der Waals surface area (Å²) in [5.41, 5.74) is 0.300. The Hall–Kier alpha value is -1.17. The van der Waals surface area contributed by atoms with Crippen LogP contribution in [0.4, 0.5) is 0 Å². The normalized spacial score (nSPS) is 12.6. The summed E-state index contributed by atoms with van der Waals surface area (Å²) in [6.07, 6.45) is 0. The van der Waals surface area contributed by atoms with Gasteiger partial charge in [0.05, 0.1) is 5.54 Å². The minimum absolute atomic E-state index is 0.339. The molecule has 1 aromatic heterocycles. The molecule has 0 saturated heterocycles. The first-order valence-electron chi connectivity index (χ1n) is 5.55. The molecule has 0 bridgehead atoms. The number of nitrogens with one attached hydrogen (secondary N) is 1. The maximum absolute atomic E-state index is 12.2. The van der Waals surface area contributed by atoms with E-state index in [2.05, 4.69) is 4.72 Å². The highest BCUT2D eigenvalue weighted by molar-refractivity contribution is 7.91. The van der Waals surface area contributed by atoms with E-state index < -0.39 is 15.6 Å². The van der Waals surface area contributed by atoms with Crippen LogP contribution in [0.5, 0.6) is 0 Å². The molecule has 1 N–H and O–H groups in total. The summed E-state index contributed by atoms with van der Waals surface area (Å²) in [6, 6.07) is 12.9. The van der Waals surface area contributed by atoms with Crippen LogP contribution >= 0.6 is 11.3 Å². The molecule has 2 aromatic rings. The molecule has 1 aromatic carbocycles. The second kappa shape index (κ2) is 4.84. The van der Waals surface area contributed by atoms with Crippen LogP contribution in [0, 0.1) is 0 Å². The monoisotopic (exact) mass is 281 g/mol. The molecule has 96 valence electrons. The van der Waals surface area contributed by atoms with Crippen molar-refractivity contribution in [1.82, 2.24) is 4.72 Å². The molecule has 0 aliphatic carbocycles. The summed E-state index contributed by atoms with van der Waals surface area (Å²) in [6.45, 7) is 3.71. The maximum Gasteiger partial charge on any atom is 0.250 e. The molecule has 0 amide bonds. The zero-order valence-corrected chi connectivity index (χ0v) is 11.9. The van der Waals surface area contributed by atoms with Crippen molar-refractivity contribution in [2.24, 2.45) is 0 Å². The summed E-state index contributed by atoms with van der Waals surface area (Å²) in [5.74, 6) is 0. The molecule has 0 atom stereocenters. The van der Waals surface area contributed by atoms with Crippen molar-refractivity contribution >= 4 is 21.4 Å². The fourth-order valence-electron chi connectivity index (χ4n) is 1.72.